The van der Waals surface area contributed by atoms with E-state index >= 15 is 0 Å². The van der Waals surface area contributed by atoms with Gasteiger partial charge in [-0.3, -0.25) is 9.48 Å². The quantitative estimate of drug-likeness (QED) is 0.851. The Kier molecular flexibility index (Phi) is 3.86. The summed E-state index contributed by atoms with van der Waals surface area (Å²) >= 11 is 1.45. The number of nitrogens with zero attached hydrogens (tertiary/aromatic N) is 3. The molecule has 22 heavy (non-hydrogen) atoms. The number of alkyl halides is 3. The predicted octanol–water partition coefficient (Wildman–Crippen LogP) is 3.04. The first-order chi connectivity index (χ1) is 10.4. The molecule has 2 heterocycles. The van der Waals surface area contributed by atoms with Gasteiger partial charge in [-0.2, -0.15) is 18.3 Å². The third kappa shape index (κ3) is 2.96. The molecule has 3 rings (SSSR count). The maximum Gasteiger partial charge on any atom is 0.416 e. The molecule has 8 heteroatoms. The minimum absolute atomic E-state index is 0.00729. The van der Waals surface area contributed by atoms with Gasteiger partial charge in [0, 0.05) is 29.6 Å². The summed E-state index contributed by atoms with van der Waals surface area (Å²) in [5, 5.41) is 3.95. The summed E-state index contributed by atoms with van der Waals surface area (Å²) in [6.07, 6.45) is -1.23. The van der Waals surface area contributed by atoms with Crippen LogP contribution in [0.4, 0.5) is 18.9 Å². The van der Waals surface area contributed by atoms with E-state index in [-0.39, 0.29) is 12.5 Å². The van der Waals surface area contributed by atoms with Crippen molar-refractivity contribution in [2.75, 3.05) is 17.2 Å². The van der Waals surface area contributed by atoms with E-state index in [9.17, 15) is 18.0 Å². The van der Waals surface area contributed by atoms with Crippen molar-refractivity contribution in [2.45, 2.75) is 17.6 Å². The molecular weight excluding hydrogens is 315 g/mol. The number of carbonyl (C=O) groups excluding carboxylic acids is 1. The minimum Gasteiger partial charge on any atom is -0.309 e. The SMILES string of the molecule is O=C(Cn1cccn1)N1CCSc2ccc(C(F)(F)F)cc21. The second-order valence-corrected chi connectivity index (χ2v) is 5.91. The second-order valence-electron chi connectivity index (χ2n) is 4.78. The van der Waals surface area contributed by atoms with E-state index in [1.807, 2.05) is 0 Å². The number of benzene rings is 1. The number of rotatable bonds is 2. The van der Waals surface area contributed by atoms with Gasteiger partial charge in [-0.05, 0) is 24.3 Å². The van der Waals surface area contributed by atoms with Crippen molar-refractivity contribution in [1.82, 2.24) is 9.78 Å². The van der Waals surface area contributed by atoms with Gasteiger partial charge in [-0.25, -0.2) is 0 Å². The molecule has 0 saturated carbocycles. The number of anilines is 1. The molecule has 116 valence electrons. The molecule has 4 nitrogen and oxygen atoms in total. The molecule has 0 atom stereocenters. The highest BCUT2D eigenvalue weighted by Gasteiger charge is 2.33. The average molecular weight is 327 g/mol. The fourth-order valence-corrected chi connectivity index (χ4v) is 3.25. The zero-order valence-electron chi connectivity index (χ0n) is 11.4. The van der Waals surface area contributed by atoms with Gasteiger partial charge in [0.25, 0.3) is 0 Å². The van der Waals surface area contributed by atoms with Gasteiger partial charge in [-0.1, -0.05) is 0 Å². The van der Waals surface area contributed by atoms with Crippen molar-refractivity contribution in [3.8, 4) is 0 Å². The normalized spacial score (nSPS) is 14.8. The van der Waals surface area contributed by atoms with E-state index < -0.39 is 11.7 Å². The summed E-state index contributed by atoms with van der Waals surface area (Å²) in [6, 6.07) is 5.21. The molecule has 1 aliphatic heterocycles. The predicted molar refractivity (Wildman–Crippen MR) is 76.7 cm³/mol. The van der Waals surface area contributed by atoms with Gasteiger partial charge in [0.1, 0.15) is 6.54 Å². The lowest BCUT2D eigenvalue weighted by Crippen LogP contribution is -2.38. The molecule has 0 bridgehead atoms. The van der Waals surface area contributed by atoms with E-state index in [0.29, 0.717) is 22.9 Å². The van der Waals surface area contributed by atoms with Gasteiger partial charge in [0.15, 0.2) is 0 Å². The Morgan fingerprint density at radius 3 is 2.86 bits per heavy atom. The molecular formula is C14H12F3N3OS. The Bertz CT molecular complexity index is 685. The van der Waals surface area contributed by atoms with Gasteiger partial charge in [0.2, 0.25) is 5.91 Å². The fraction of sp³-hybridized carbons (Fsp3) is 0.286. The first kappa shape index (κ1) is 15.0. The van der Waals surface area contributed by atoms with Gasteiger partial charge >= 0.3 is 6.18 Å². The van der Waals surface area contributed by atoms with E-state index in [1.54, 1.807) is 18.5 Å². The van der Waals surface area contributed by atoms with Gasteiger partial charge in [0.05, 0.1) is 11.3 Å². The summed E-state index contributed by atoms with van der Waals surface area (Å²) < 4.78 is 40.1. The number of aromatic nitrogens is 2. The van der Waals surface area contributed by atoms with E-state index in [1.165, 1.54) is 27.4 Å². The molecule has 0 saturated heterocycles. The average Bonchev–Trinajstić information content (AvgIpc) is 2.98. The second kappa shape index (κ2) is 5.68. The smallest absolute Gasteiger partial charge is 0.309 e. The van der Waals surface area contributed by atoms with Gasteiger partial charge in [-0.15, -0.1) is 11.8 Å². The summed E-state index contributed by atoms with van der Waals surface area (Å²) in [7, 11) is 0. The van der Waals surface area contributed by atoms with Crippen LogP contribution in [0.15, 0.2) is 41.6 Å². The van der Waals surface area contributed by atoms with Gasteiger partial charge < -0.3 is 4.90 Å². The molecule has 0 fully saturated rings. The highest BCUT2D eigenvalue weighted by atomic mass is 32.2. The van der Waals surface area contributed by atoms with Crippen LogP contribution in [-0.4, -0.2) is 28.0 Å². The molecule has 1 amide bonds. The maximum absolute atomic E-state index is 12.9. The van der Waals surface area contributed by atoms with E-state index in [2.05, 4.69) is 5.10 Å². The van der Waals surface area contributed by atoms with Crippen LogP contribution in [0, 0.1) is 0 Å². The number of thioether (sulfide) groups is 1. The monoisotopic (exact) mass is 327 g/mol. The molecule has 0 spiro atoms. The molecule has 1 aliphatic rings. The van der Waals surface area contributed by atoms with Crippen molar-refractivity contribution in [3.63, 3.8) is 0 Å². The molecule has 1 aromatic heterocycles. The Morgan fingerprint density at radius 1 is 1.36 bits per heavy atom. The van der Waals surface area contributed by atoms with Crippen LogP contribution >= 0.6 is 11.8 Å². The number of hydrogen-bond acceptors (Lipinski definition) is 3. The maximum atomic E-state index is 12.9. The zero-order valence-corrected chi connectivity index (χ0v) is 12.2. The molecule has 0 N–H and O–H groups in total. The lowest BCUT2D eigenvalue weighted by atomic mass is 10.1. The van der Waals surface area contributed by atoms with E-state index in [0.717, 1.165) is 12.1 Å². The summed E-state index contributed by atoms with van der Waals surface area (Å²) in [5.74, 6) is 0.382. The highest BCUT2D eigenvalue weighted by Crippen LogP contribution is 2.39. The van der Waals surface area contributed by atoms with Crippen LogP contribution in [-0.2, 0) is 17.5 Å². The van der Waals surface area contributed by atoms with Crippen molar-refractivity contribution >= 4 is 23.4 Å². The lowest BCUT2D eigenvalue weighted by molar-refractivity contribution is -0.137. The van der Waals surface area contributed by atoms with Crippen LogP contribution in [0.2, 0.25) is 0 Å². The number of carbonyl (C=O) groups is 1. The Balaban J connectivity index is 1.91. The summed E-state index contributed by atoms with van der Waals surface area (Å²) in [4.78, 5) is 14.5. The Hall–Kier alpha value is -1.96. The third-order valence-electron chi connectivity index (χ3n) is 3.31. The molecule has 0 aliphatic carbocycles. The van der Waals surface area contributed by atoms with Crippen LogP contribution in [0.25, 0.3) is 0 Å². The lowest BCUT2D eigenvalue weighted by Gasteiger charge is -2.29. The van der Waals surface area contributed by atoms with Crippen molar-refractivity contribution < 1.29 is 18.0 Å². The molecule has 0 unspecified atom stereocenters. The topological polar surface area (TPSA) is 38.1 Å². The standard InChI is InChI=1S/C14H12F3N3OS/c15-14(16,17)10-2-3-12-11(8-10)20(6-7-22-12)13(21)9-19-5-1-4-18-19/h1-5,8H,6-7,9H2. The third-order valence-corrected chi connectivity index (χ3v) is 4.35. The number of halogens is 3. The number of hydrogen-bond donors (Lipinski definition) is 0. The summed E-state index contributed by atoms with van der Waals surface area (Å²) in [6.45, 7) is 0.395. The zero-order chi connectivity index (χ0) is 15.7. The Labute approximate surface area is 128 Å². The van der Waals surface area contributed by atoms with E-state index in [4.69, 9.17) is 0 Å². The largest absolute Gasteiger partial charge is 0.416 e. The Morgan fingerprint density at radius 2 is 2.18 bits per heavy atom. The van der Waals surface area contributed by atoms with Crippen LogP contribution < -0.4 is 4.90 Å². The first-order valence-electron chi connectivity index (χ1n) is 6.57. The van der Waals surface area contributed by atoms with Crippen molar-refractivity contribution in [1.29, 1.82) is 0 Å². The van der Waals surface area contributed by atoms with Crippen LogP contribution in [0.5, 0.6) is 0 Å². The number of amides is 1. The van der Waals surface area contributed by atoms with Crippen molar-refractivity contribution in [3.05, 3.63) is 42.2 Å². The van der Waals surface area contributed by atoms with Crippen LogP contribution in [0.1, 0.15) is 5.56 Å². The van der Waals surface area contributed by atoms with Crippen LogP contribution in [0.3, 0.4) is 0 Å². The van der Waals surface area contributed by atoms with Crippen molar-refractivity contribution in [2.24, 2.45) is 0 Å². The fourth-order valence-electron chi connectivity index (χ4n) is 2.27. The minimum atomic E-state index is -4.42. The summed E-state index contributed by atoms with van der Waals surface area (Å²) in [5.41, 5.74) is -0.422. The molecule has 2 aromatic rings. The number of fused-ring (bicyclic) bond motifs is 1. The first-order valence-corrected chi connectivity index (χ1v) is 7.55. The highest BCUT2D eigenvalue weighted by molar-refractivity contribution is 7.99. The molecule has 1 aromatic carbocycles. The molecule has 0 radical (unpaired) electrons.